The Bertz CT molecular complexity index is 1380. The number of benzene rings is 1. The molecule has 0 N–H and O–H groups in total. The molecule has 0 unspecified atom stereocenters. The lowest BCUT2D eigenvalue weighted by Crippen LogP contribution is -2.19. The van der Waals surface area contributed by atoms with Gasteiger partial charge in [-0.3, -0.25) is 19.7 Å². The number of Topliss-reactive ketones (excluding diaryl/α,β-unsaturated/α-hetero) is 1. The van der Waals surface area contributed by atoms with Crippen LogP contribution in [-0.2, 0) is 12.8 Å². The molecule has 1 aliphatic rings. The Morgan fingerprint density at radius 2 is 1.93 bits per heavy atom. The van der Waals surface area contributed by atoms with E-state index in [0.29, 0.717) is 15.9 Å². The average molecular weight is 409 g/mol. The van der Waals surface area contributed by atoms with Crippen LogP contribution in [0.5, 0.6) is 0 Å². The van der Waals surface area contributed by atoms with Crippen LogP contribution in [0.3, 0.4) is 0 Å². The second kappa shape index (κ2) is 6.31. The van der Waals surface area contributed by atoms with Crippen LogP contribution >= 0.6 is 11.3 Å². The maximum atomic E-state index is 13.4. The van der Waals surface area contributed by atoms with E-state index in [1.165, 1.54) is 56.5 Å². The van der Waals surface area contributed by atoms with Gasteiger partial charge in [-0.15, -0.1) is 16.4 Å². The lowest BCUT2D eigenvalue weighted by Gasteiger charge is -2.09. The van der Waals surface area contributed by atoms with Crippen LogP contribution in [0.4, 0.5) is 5.69 Å². The van der Waals surface area contributed by atoms with Crippen LogP contribution < -0.4 is 5.56 Å². The van der Waals surface area contributed by atoms with Crippen LogP contribution in [0.2, 0.25) is 0 Å². The van der Waals surface area contributed by atoms with Crippen molar-refractivity contribution in [1.29, 1.82) is 0 Å². The van der Waals surface area contributed by atoms with Crippen molar-refractivity contribution in [1.82, 2.24) is 19.2 Å². The summed E-state index contributed by atoms with van der Waals surface area (Å²) >= 11 is 1.52. The molecule has 0 aliphatic heterocycles. The van der Waals surface area contributed by atoms with Gasteiger partial charge in [-0.05, 0) is 43.4 Å². The molecule has 10 heteroatoms. The molecule has 5 rings (SSSR count). The monoisotopic (exact) mass is 409 g/mol. The first-order valence-corrected chi connectivity index (χ1v) is 9.99. The largest absolute Gasteiger partial charge is 0.291 e. The molecule has 0 saturated carbocycles. The summed E-state index contributed by atoms with van der Waals surface area (Å²) in [5.41, 5.74) is 1.17. The van der Waals surface area contributed by atoms with Gasteiger partial charge < -0.3 is 0 Å². The van der Waals surface area contributed by atoms with E-state index in [1.54, 1.807) is 0 Å². The third kappa shape index (κ3) is 2.59. The number of nitro groups is 1. The third-order valence-corrected chi connectivity index (χ3v) is 6.37. The maximum absolute atomic E-state index is 13.4. The standard InChI is InChI=1S/C19H15N5O4S/c1-10(25)16-21-23(11-6-8-12(9-7-11)24(27)28)19-20-17-15(18(26)22(16)19)13-4-2-3-5-14(13)29-17/h6-9H,2-5H2,1H3. The highest BCUT2D eigenvalue weighted by Gasteiger charge is 2.25. The minimum atomic E-state index is -0.492. The summed E-state index contributed by atoms with van der Waals surface area (Å²) in [5, 5.41) is 15.8. The fourth-order valence-corrected chi connectivity index (χ4v) is 5.07. The van der Waals surface area contributed by atoms with Crippen LogP contribution in [0.25, 0.3) is 21.7 Å². The molecule has 4 aromatic rings. The number of aromatic nitrogens is 4. The van der Waals surface area contributed by atoms with Crippen LogP contribution in [0, 0.1) is 10.1 Å². The number of thiophene rings is 1. The molecule has 0 amide bonds. The highest BCUT2D eigenvalue weighted by molar-refractivity contribution is 7.18. The fraction of sp³-hybridized carbons (Fsp3) is 0.263. The molecule has 29 heavy (non-hydrogen) atoms. The maximum Gasteiger partial charge on any atom is 0.269 e. The van der Waals surface area contributed by atoms with Gasteiger partial charge in [0.2, 0.25) is 11.6 Å². The van der Waals surface area contributed by atoms with E-state index in [-0.39, 0.29) is 28.6 Å². The number of carbonyl (C=O) groups is 1. The molecule has 0 atom stereocenters. The van der Waals surface area contributed by atoms with E-state index in [0.717, 1.165) is 31.2 Å². The van der Waals surface area contributed by atoms with Gasteiger partial charge in [0.1, 0.15) is 4.83 Å². The Labute approximate surface area is 167 Å². The van der Waals surface area contributed by atoms with E-state index in [1.807, 2.05) is 0 Å². The number of nitrogens with zero attached hydrogens (tertiary/aromatic N) is 5. The van der Waals surface area contributed by atoms with Crippen LogP contribution in [0.1, 0.15) is 40.8 Å². The first-order chi connectivity index (χ1) is 14.0. The number of fused-ring (bicyclic) bond motifs is 4. The molecular weight excluding hydrogens is 394 g/mol. The Kier molecular flexibility index (Phi) is 3.85. The number of carbonyl (C=O) groups excluding carboxylic acids is 1. The molecule has 0 fully saturated rings. The average Bonchev–Trinajstić information content (AvgIpc) is 3.27. The SMILES string of the molecule is CC(=O)c1nn(-c2ccc([N+](=O)[O-])cc2)c2nc3sc4c(c3c(=O)n12)CCCC4. The molecule has 1 aromatic carbocycles. The minimum absolute atomic E-state index is 0.00601. The molecule has 0 spiro atoms. The van der Waals surface area contributed by atoms with Crippen molar-refractivity contribution in [3.8, 4) is 5.69 Å². The van der Waals surface area contributed by atoms with E-state index in [4.69, 9.17) is 0 Å². The van der Waals surface area contributed by atoms with Crippen molar-refractivity contribution in [3.63, 3.8) is 0 Å². The zero-order valence-corrected chi connectivity index (χ0v) is 16.2. The van der Waals surface area contributed by atoms with E-state index in [9.17, 15) is 19.7 Å². The highest BCUT2D eigenvalue weighted by Crippen LogP contribution is 2.34. The number of rotatable bonds is 3. The summed E-state index contributed by atoms with van der Waals surface area (Å²) in [5.74, 6) is -0.142. The summed E-state index contributed by atoms with van der Waals surface area (Å²) in [6.07, 6.45) is 3.90. The summed E-state index contributed by atoms with van der Waals surface area (Å²) in [7, 11) is 0. The van der Waals surface area contributed by atoms with Gasteiger partial charge in [0.25, 0.3) is 11.2 Å². The normalized spacial score (nSPS) is 13.7. The molecule has 1 aliphatic carbocycles. The van der Waals surface area contributed by atoms with Crippen LogP contribution in [0.15, 0.2) is 29.1 Å². The Hall–Kier alpha value is -3.40. The van der Waals surface area contributed by atoms with Gasteiger partial charge in [-0.25, -0.2) is 9.38 Å². The van der Waals surface area contributed by atoms with Gasteiger partial charge in [-0.1, -0.05) is 0 Å². The van der Waals surface area contributed by atoms with Crippen LogP contribution in [-0.4, -0.2) is 29.9 Å². The summed E-state index contributed by atoms with van der Waals surface area (Å²) in [4.78, 5) is 42.5. The van der Waals surface area contributed by atoms with Crippen molar-refractivity contribution in [2.24, 2.45) is 0 Å². The second-order valence-corrected chi connectivity index (χ2v) is 8.09. The molecule has 0 saturated heterocycles. The van der Waals surface area contributed by atoms with Gasteiger partial charge in [0.05, 0.1) is 16.0 Å². The molecule has 3 aromatic heterocycles. The Morgan fingerprint density at radius 1 is 1.21 bits per heavy atom. The van der Waals surface area contributed by atoms with E-state index >= 15 is 0 Å². The zero-order chi connectivity index (χ0) is 20.3. The van der Waals surface area contributed by atoms with Crippen molar-refractivity contribution in [3.05, 3.63) is 61.0 Å². The Balaban J connectivity index is 1.84. The van der Waals surface area contributed by atoms with E-state index in [2.05, 4.69) is 10.1 Å². The van der Waals surface area contributed by atoms with Crippen molar-refractivity contribution < 1.29 is 9.72 Å². The third-order valence-electron chi connectivity index (χ3n) is 5.19. The van der Waals surface area contributed by atoms with Gasteiger partial charge in [0.15, 0.2) is 5.78 Å². The topological polar surface area (TPSA) is 112 Å². The fourth-order valence-electron chi connectivity index (χ4n) is 3.83. The summed E-state index contributed by atoms with van der Waals surface area (Å²) in [6, 6.07) is 5.73. The van der Waals surface area contributed by atoms with Crippen molar-refractivity contribution in [2.75, 3.05) is 0 Å². The zero-order valence-electron chi connectivity index (χ0n) is 15.4. The van der Waals surface area contributed by atoms with Crippen molar-refractivity contribution in [2.45, 2.75) is 32.6 Å². The number of aryl methyl sites for hydroxylation is 2. The lowest BCUT2D eigenvalue weighted by molar-refractivity contribution is -0.384. The lowest BCUT2D eigenvalue weighted by atomic mass is 9.97. The molecule has 146 valence electrons. The minimum Gasteiger partial charge on any atom is -0.291 e. The Morgan fingerprint density at radius 3 is 2.62 bits per heavy atom. The van der Waals surface area contributed by atoms with Gasteiger partial charge in [-0.2, -0.15) is 4.68 Å². The molecular formula is C19H15N5O4S. The molecule has 9 nitrogen and oxygen atoms in total. The number of non-ortho nitro benzene ring substituents is 1. The summed E-state index contributed by atoms with van der Waals surface area (Å²) < 4.78 is 2.65. The smallest absolute Gasteiger partial charge is 0.269 e. The number of ketones is 1. The highest BCUT2D eigenvalue weighted by atomic mass is 32.1. The molecule has 0 bridgehead atoms. The van der Waals surface area contributed by atoms with Gasteiger partial charge >= 0.3 is 0 Å². The first kappa shape index (κ1) is 17.7. The van der Waals surface area contributed by atoms with E-state index < -0.39 is 4.92 Å². The first-order valence-electron chi connectivity index (χ1n) is 9.17. The predicted octanol–water partition coefficient (Wildman–Crippen LogP) is 3.08. The quantitative estimate of drug-likeness (QED) is 0.292. The molecule has 0 radical (unpaired) electrons. The number of hydrogen-bond acceptors (Lipinski definition) is 7. The summed E-state index contributed by atoms with van der Waals surface area (Å²) in [6.45, 7) is 1.35. The van der Waals surface area contributed by atoms with Crippen molar-refractivity contribution >= 4 is 38.8 Å². The predicted molar refractivity (Wildman–Crippen MR) is 107 cm³/mol. The number of hydrogen-bond donors (Lipinski definition) is 0. The molecule has 3 heterocycles. The number of nitro benzene ring substituents is 1. The second-order valence-electron chi connectivity index (χ2n) is 7.01. The van der Waals surface area contributed by atoms with Gasteiger partial charge in [0, 0.05) is 23.9 Å².